The molecule has 0 atom stereocenters. The molecule has 0 aliphatic carbocycles. The third kappa shape index (κ3) is 3.25. The van der Waals surface area contributed by atoms with Crippen molar-refractivity contribution in [2.45, 2.75) is 6.92 Å². The number of methoxy groups -OCH3 is 1. The van der Waals surface area contributed by atoms with Gasteiger partial charge >= 0.3 is 5.91 Å². The summed E-state index contributed by atoms with van der Waals surface area (Å²) in [5, 5.41) is 15.3. The van der Waals surface area contributed by atoms with Gasteiger partial charge in [0.25, 0.3) is 5.69 Å². The molecule has 2 aromatic carbocycles. The average Bonchev–Trinajstić information content (AvgIpc) is 2.99. The highest BCUT2D eigenvalue weighted by Gasteiger charge is 2.19. The zero-order valence-corrected chi connectivity index (χ0v) is 14.1. The highest BCUT2D eigenvalue weighted by atomic mass is 16.6. The van der Waals surface area contributed by atoms with E-state index in [1.165, 1.54) is 24.4 Å². The van der Waals surface area contributed by atoms with Crippen LogP contribution in [0.5, 0.6) is 5.75 Å². The fraction of sp³-hybridized carbons (Fsp3) is 0.111. The number of aryl methyl sites for hydroxylation is 1. The van der Waals surface area contributed by atoms with E-state index in [-0.39, 0.29) is 11.4 Å². The number of amides is 1. The van der Waals surface area contributed by atoms with Gasteiger partial charge in [-0.1, -0.05) is 18.2 Å². The molecular weight excluding hydrogens is 338 g/mol. The smallest absolute Gasteiger partial charge is 0.307 e. The lowest BCUT2D eigenvalue weighted by molar-refractivity contribution is -0.384. The molecule has 1 heterocycles. The molecule has 0 spiro atoms. The number of nitrogens with one attached hydrogen (secondary N) is 1. The monoisotopic (exact) mass is 353 g/mol. The minimum absolute atomic E-state index is 0.0551. The number of fused-ring (bicyclic) bond motifs is 1. The molecule has 3 rings (SSSR count). The van der Waals surface area contributed by atoms with E-state index >= 15 is 0 Å². The maximum atomic E-state index is 12.3. The van der Waals surface area contributed by atoms with Crippen LogP contribution < -0.4 is 10.2 Å². The lowest BCUT2D eigenvalue weighted by Gasteiger charge is -2.00. The Morgan fingerprint density at radius 2 is 2.08 bits per heavy atom. The van der Waals surface area contributed by atoms with Gasteiger partial charge in [-0.15, -0.1) is 0 Å². The Morgan fingerprint density at radius 3 is 2.81 bits per heavy atom. The van der Waals surface area contributed by atoms with Crippen LogP contribution >= 0.6 is 0 Å². The van der Waals surface area contributed by atoms with Crippen molar-refractivity contribution < 1.29 is 18.9 Å². The van der Waals surface area contributed by atoms with E-state index in [4.69, 9.17) is 9.15 Å². The number of hydrazone groups is 1. The van der Waals surface area contributed by atoms with Crippen LogP contribution in [0.4, 0.5) is 5.69 Å². The topological polar surface area (TPSA) is 107 Å². The molecule has 1 N–H and O–H groups in total. The van der Waals surface area contributed by atoms with Gasteiger partial charge in [0.1, 0.15) is 11.3 Å². The molecule has 26 heavy (non-hydrogen) atoms. The largest absolute Gasteiger partial charge is 0.496 e. The number of nitro benzene ring substituents is 1. The van der Waals surface area contributed by atoms with Crippen LogP contribution in [0.1, 0.15) is 21.7 Å². The Kier molecular flexibility index (Phi) is 4.66. The lowest BCUT2D eigenvalue weighted by Crippen LogP contribution is -2.17. The summed E-state index contributed by atoms with van der Waals surface area (Å²) in [6.45, 7) is 1.76. The second-order valence-electron chi connectivity index (χ2n) is 5.44. The maximum absolute atomic E-state index is 12.3. The van der Waals surface area contributed by atoms with Gasteiger partial charge in [0.05, 0.1) is 23.6 Å². The van der Waals surface area contributed by atoms with Crippen LogP contribution in [0, 0.1) is 17.0 Å². The number of carbonyl (C=O) groups is 1. The molecule has 1 aromatic heterocycles. The SMILES string of the molecule is COc1cccc2oc(C(=O)N/N=C/c3cccc([N+](=O)[O-])c3)c(C)c12. The molecule has 0 saturated carbocycles. The number of hydrogen-bond donors (Lipinski definition) is 1. The van der Waals surface area contributed by atoms with E-state index in [1.54, 1.807) is 38.3 Å². The molecular formula is C18H15N3O5. The van der Waals surface area contributed by atoms with Crippen molar-refractivity contribution in [3.63, 3.8) is 0 Å². The molecule has 8 nitrogen and oxygen atoms in total. The standard InChI is InChI=1S/C18H15N3O5/c1-11-16-14(25-2)7-4-8-15(16)26-17(11)18(22)20-19-10-12-5-3-6-13(9-12)21(23)24/h3-10H,1-2H3,(H,20,22)/b19-10+. The van der Waals surface area contributed by atoms with Gasteiger partial charge in [-0.25, -0.2) is 5.43 Å². The highest BCUT2D eigenvalue weighted by molar-refractivity contribution is 6.01. The van der Waals surface area contributed by atoms with Gasteiger partial charge in [0.15, 0.2) is 5.76 Å². The first-order chi connectivity index (χ1) is 12.5. The van der Waals surface area contributed by atoms with Crippen LogP contribution in [-0.2, 0) is 0 Å². The second-order valence-corrected chi connectivity index (χ2v) is 5.44. The number of non-ortho nitro benzene ring substituents is 1. The second kappa shape index (κ2) is 7.06. The molecule has 0 saturated heterocycles. The normalized spacial score (nSPS) is 11.0. The van der Waals surface area contributed by atoms with E-state index in [0.717, 1.165) is 5.39 Å². The van der Waals surface area contributed by atoms with Crippen molar-refractivity contribution in [2.75, 3.05) is 7.11 Å². The Balaban J connectivity index is 1.80. The van der Waals surface area contributed by atoms with E-state index in [9.17, 15) is 14.9 Å². The summed E-state index contributed by atoms with van der Waals surface area (Å²) < 4.78 is 10.9. The van der Waals surface area contributed by atoms with Crippen molar-refractivity contribution in [1.82, 2.24) is 5.43 Å². The molecule has 0 aliphatic rings. The van der Waals surface area contributed by atoms with Crippen molar-refractivity contribution in [2.24, 2.45) is 5.10 Å². The van der Waals surface area contributed by atoms with Crippen molar-refractivity contribution in [1.29, 1.82) is 0 Å². The Labute approximate surface area is 148 Å². The summed E-state index contributed by atoms with van der Waals surface area (Å²) in [5.41, 5.74) is 3.97. The molecule has 3 aromatic rings. The van der Waals surface area contributed by atoms with Gasteiger partial charge in [-0.05, 0) is 19.1 Å². The third-order valence-electron chi connectivity index (χ3n) is 3.80. The number of rotatable bonds is 5. The molecule has 132 valence electrons. The highest BCUT2D eigenvalue weighted by Crippen LogP contribution is 2.32. The third-order valence-corrected chi connectivity index (χ3v) is 3.80. The van der Waals surface area contributed by atoms with E-state index in [1.807, 2.05) is 0 Å². The number of furan rings is 1. The first-order valence-corrected chi connectivity index (χ1v) is 7.65. The van der Waals surface area contributed by atoms with Crippen LogP contribution in [0.15, 0.2) is 52.0 Å². The van der Waals surface area contributed by atoms with Crippen LogP contribution in [0.25, 0.3) is 11.0 Å². The number of nitrogens with zero attached hydrogens (tertiary/aromatic N) is 2. The molecule has 1 amide bonds. The Hall–Kier alpha value is -3.68. The van der Waals surface area contributed by atoms with Crippen LogP contribution in [0.3, 0.4) is 0 Å². The Morgan fingerprint density at radius 1 is 1.31 bits per heavy atom. The molecule has 0 unspecified atom stereocenters. The summed E-state index contributed by atoms with van der Waals surface area (Å²) in [6.07, 6.45) is 1.32. The summed E-state index contributed by atoms with van der Waals surface area (Å²) >= 11 is 0. The molecule has 0 fully saturated rings. The quantitative estimate of drug-likeness (QED) is 0.430. The molecule has 0 aliphatic heterocycles. The first-order valence-electron chi connectivity index (χ1n) is 7.65. The van der Waals surface area contributed by atoms with Crippen molar-refractivity contribution >= 4 is 28.8 Å². The average molecular weight is 353 g/mol. The van der Waals surface area contributed by atoms with Crippen molar-refractivity contribution in [3.8, 4) is 5.75 Å². The number of benzene rings is 2. The van der Waals surface area contributed by atoms with Gasteiger partial charge in [-0.3, -0.25) is 14.9 Å². The zero-order valence-electron chi connectivity index (χ0n) is 14.1. The van der Waals surface area contributed by atoms with Gasteiger partial charge in [0.2, 0.25) is 0 Å². The summed E-state index contributed by atoms with van der Waals surface area (Å²) in [6, 6.07) is 11.2. The van der Waals surface area contributed by atoms with Gasteiger partial charge in [0, 0.05) is 23.3 Å². The minimum atomic E-state index is -0.526. The molecule has 8 heteroatoms. The fourth-order valence-electron chi connectivity index (χ4n) is 2.59. The molecule has 0 bridgehead atoms. The van der Waals surface area contributed by atoms with Crippen molar-refractivity contribution in [3.05, 3.63) is 69.5 Å². The predicted octanol–water partition coefficient (Wildman–Crippen LogP) is 3.42. The van der Waals surface area contributed by atoms with E-state index in [0.29, 0.717) is 22.5 Å². The summed E-state index contributed by atoms with van der Waals surface area (Å²) in [7, 11) is 1.55. The van der Waals surface area contributed by atoms with Gasteiger partial charge < -0.3 is 9.15 Å². The number of ether oxygens (including phenoxy) is 1. The molecule has 0 radical (unpaired) electrons. The van der Waals surface area contributed by atoms with E-state index in [2.05, 4.69) is 10.5 Å². The maximum Gasteiger partial charge on any atom is 0.307 e. The van der Waals surface area contributed by atoms with Gasteiger partial charge in [-0.2, -0.15) is 5.10 Å². The number of nitro groups is 1. The van der Waals surface area contributed by atoms with Crippen LogP contribution in [0.2, 0.25) is 0 Å². The first kappa shape index (κ1) is 17.2. The Bertz CT molecular complexity index is 1020. The van der Waals surface area contributed by atoms with E-state index < -0.39 is 10.8 Å². The number of carbonyl (C=O) groups excluding carboxylic acids is 1. The lowest BCUT2D eigenvalue weighted by atomic mass is 10.1. The summed E-state index contributed by atoms with van der Waals surface area (Å²) in [5.74, 6) is 0.214. The minimum Gasteiger partial charge on any atom is -0.496 e. The zero-order chi connectivity index (χ0) is 18.7. The summed E-state index contributed by atoms with van der Waals surface area (Å²) in [4.78, 5) is 22.6. The predicted molar refractivity (Wildman–Crippen MR) is 95.7 cm³/mol. The number of hydrogen-bond acceptors (Lipinski definition) is 6. The van der Waals surface area contributed by atoms with Crippen LogP contribution in [-0.4, -0.2) is 24.2 Å². The fourth-order valence-corrected chi connectivity index (χ4v) is 2.59.